The fourth-order valence-electron chi connectivity index (χ4n) is 3.21. The summed E-state index contributed by atoms with van der Waals surface area (Å²) in [5, 5.41) is 12.9. The molecule has 0 N–H and O–H groups in total. The van der Waals surface area contributed by atoms with E-state index in [2.05, 4.69) is 10.1 Å². The van der Waals surface area contributed by atoms with Gasteiger partial charge in [-0.3, -0.25) is 0 Å². The van der Waals surface area contributed by atoms with Crippen molar-refractivity contribution in [1.82, 2.24) is 14.7 Å². The molecule has 0 unspecified atom stereocenters. The highest BCUT2D eigenvalue weighted by molar-refractivity contribution is 5.86. The summed E-state index contributed by atoms with van der Waals surface area (Å²) in [5.74, 6) is 1.10. The summed E-state index contributed by atoms with van der Waals surface area (Å²) in [4.78, 5) is 4.32. The average Bonchev–Trinajstić information content (AvgIpc) is 3.34. The molecule has 0 saturated carbocycles. The van der Waals surface area contributed by atoms with Crippen molar-refractivity contribution in [2.75, 3.05) is 7.11 Å². The fourth-order valence-corrected chi connectivity index (χ4v) is 3.21. The molecule has 9 heteroatoms. The molecule has 2 aromatic heterocycles. The van der Waals surface area contributed by atoms with E-state index < -0.39 is 17.3 Å². The quantitative estimate of drug-likeness (QED) is 0.501. The number of nitrogens with zero attached hydrogens (tertiary/aromatic N) is 4. The van der Waals surface area contributed by atoms with Crippen LogP contribution in [0.2, 0.25) is 0 Å². The van der Waals surface area contributed by atoms with E-state index in [-0.39, 0.29) is 17.8 Å². The number of para-hydroxylation sites is 1. The third-order valence-corrected chi connectivity index (χ3v) is 4.47. The van der Waals surface area contributed by atoms with Gasteiger partial charge in [-0.1, -0.05) is 17.3 Å². The molecule has 2 aromatic carbocycles. The van der Waals surface area contributed by atoms with Gasteiger partial charge in [0, 0.05) is 17.1 Å². The van der Waals surface area contributed by atoms with Crippen LogP contribution in [0.5, 0.6) is 5.75 Å². The predicted octanol–water partition coefficient (Wildman–Crippen LogP) is 4.64. The molecular formula is C20H13F3N4O2. The van der Waals surface area contributed by atoms with Crippen LogP contribution in [-0.2, 0) is 12.7 Å². The number of hydrogen-bond acceptors (Lipinski definition) is 5. The van der Waals surface area contributed by atoms with Crippen LogP contribution in [-0.4, -0.2) is 21.8 Å². The molecule has 2 heterocycles. The molecule has 0 aliphatic carbocycles. The molecule has 0 atom stereocenters. The highest BCUT2D eigenvalue weighted by Crippen LogP contribution is 2.38. The third kappa shape index (κ3) is 3.29. The minimum Gasteiger partial charge on any atom is -0.496 e. The second-order valence-corrected chi connectivity index (χ2v) is 6.19. The van der Waals surface area contributed by atoms with Crippen molar-refractivity contribution in [1.29, 1.82) is 5.26 Å². The Balaban J connectivity index is 1.72. The Hall–Kier alpha value is -3.80. The summed E-state index contributed by atoms with van der Waals surface area (Å²) in [6, 6.07) is 12.7. The molecule has 0 aliphatic rings. The van der Waals surface area contributed by atoms with Crippen molar-refractivity contribution in [3.8, 4) is 23.3 Å². The third-order valence-electron chi connectivity index (χ3n) is 4.47. The van der Waals surface area contributed by atoms with Gasteiger partial charge >= 0.3 is 6.18 Å². The minimum absolute atomic E-state index is 0.0509. The van der Waals surface area contributed by atoms with Gasteiger partial charge in [0.25, 0.3) is 5.89 Å². The molecular weight excluding hydrogens is 385 g/mol. The largest absolute Gasteiger partial charge is 0.496 e. The van der Waals surface area contributed by atoms with Crippen LogP contribution in [0.1, 0.15) is 17.0 Å². The van der Waals surface area contributed by atoms with Gasteiger partial charge in [0.1, 0.15) is 5.75 Å². The van der Waals surface area contributed by atoms with Gasteiger partial charge in [-0.05, 0) is 30.3 Å². The maximum atomic E-state index is 13.5. The van der Waals surface area contributed by atoms with E-state index >= 15 is 0 Å². The van der Waals surface area contributed by atoms with Crippen LogP contribution in [0.15, 0.2) is 53.2 Å². The number of aromatic nitrogens is 3. The van der Waals surface area contributed by atoms with Crippen LogP contribution in [0.3, 0.4) is 0 Å². The molecule has 4 rings (SSSR count). The molecule has 0 amide bonds. The zero-order valence-corrected chi connectivity index (χ0v) is 15.1. The Labute approximate surface area is 162 Å². The van der Waals surface area contributed by atoms with Crippen LogP contribution in [0.25, 0.3) is 22.4 Å². The molecule has 146 valence electrons. The monoisotopic (exact) mass is 398 g/mol. The first-order chi connectivity index (χ1) is 13.9. The van der Waals surface area contributed by atoms with Crippen molar-refractivity contribution >= 4 is 10.9 Å². The number of benzene rings is 2. The van der Waals surface area contributed by atoms with E-state index in [4.69, 9.17) is 14.5 Å². The maximum absolute atomic E-state index is 13.5. The minimum atomic E-state index is -4.64. The molecule has 6 nitrogen and oxygen atoms in total. The number of ether oxygens (including phenoxy) is 1. The van der Waals surface area contributed by atoms with Gasteiger partial charge in [0.15, 0.2) is 5.82 Å². The Morgan fingerprint density at radius 3 is 2.69 bits per heavy atom. The number of nitriles is 1. The first kappa shape index (κ1) is 18.6. The Morgan fingerprint density at radius 2 is 1.97 bits per heavy atom. The average molecular weight is 398 g/mol. The summed E-state index contributed by atoms with van der Waals surface area (Å²) >= 11 is 0. The van der Waals surface area contributed by atoms with E-state index in [1.54, 1.807) is 34.9 Å². The second-order valence-electron chi connectivity index (χ2n) is 6.19. The van der Waals surface area contributed by atoms with Crippen molar-refractivity contribution in [2.45, 2.75) is 12.7 Å². The number of methoxy groups -OCH3 is 1. The number of rotatable bonds is 4. The molecule has 0 aliphatic heterocycles. The Morgan fingerprint density at radius 1 is 1.17 bits per heavy atom. The van der Waals surface area contributed by atoms with Crippen LogP contribution in [0, 0.1) is 11.3 Å². The van der Waals surface area contributed by atoms with E-state index in [1.165, 1.54) is 25.4 Å². The normalized spacial score (nSPS) is 11.6. The van der Waals surface area contributed by atoms with Gasteiger partial charge in [-0.25, -0.2) is 0 Å². The van der Waals surface area contributed by atoms with E-state index in [9.17, 15) is 13.2 Å². The Bertz CT molecular complexity index is 1230. The summed E-state index contributed by atoms with van der Waals surface area (Å²) in [7, 11) is 1.52. The van der Waals surface area contributed by atoms with Crippen LogP contribution < -0.4 is 4.74 Å². The fraction of sp³-hybridized carbons (Fsp3) is 0.150. The van der Waals surface area contributed by atoms with E-state index in [1.807, 2.05) is 0 Å². The van der Waals surface area contributed by atoms with E-state index in [0.29, 0.717) is 22.7 Å². The summed E-state index contributed by atoms with van der Waals surface area (Å²) in [6.45, 7) is 0.103. The molecule has 0 bridgehead atoms. The van der Waals surface area contributed by atoms with Gasteiger partial charge in [-0.2, -0.15) is 23.4 Å². The van der Waals surface area contributed by atoms with Gasteiger partial charge < -0.3 is 13.8 Å². The topological polar surface area (TPSA) is 76.9 Å². The molecule has 0 saturated heterocycles. The zero-order chi connectivity index (χ0) is 20.6. The lowest BCUT2D eigenvalue weighted by Gasteiger charge is -2.11. The van der Waals surface area contributed by atoms with Crippen molar-refractivity contribution in [3.05, 3.63) is 65.6 Å². The number of halogens is 3. The molecule has 4 aromatic rings. The Kier molecular flexibility index (Phi) is 4.47. The SMILES string of the molecule is COc1ccccc1-c1nc(Cn2ccc3c(C(F)(F)F)c(C#N)ccc32)no1. The van der Waals surface area contributed by atoms with Crippen molar-refractivity contribution in [2.24, 2.45) is 0 Å². The van der Waals surface area contributed by atoms with E-state index in [0.717, 1.165) is 6.07 Å². The lowest BCUT2D eigenvalue weighted by atomic mass is 10.0. The highest BCUT2D eigenvalue weighted by atomic mass is 19.4. The van der Waals surface area contributed by atoms with Crippen molar-refractivity contribution in [3.63, 3.8) is 0 Å². The number of alkyl halides is 3. The molecule has 0 radical (unpaired) electrons. The lowest BCUT2D eigenvalue weighted by molar-refractivity contribution is -0.136. The standard InChI is InChI=1S/C20H13F3N4O2/c1-28-16-5-3-2-4-14(16)19-25-17(26-29-19)11-27-9-8-13-15(27)7-6-12(10-24)18(13)20(21,22)23/h2-9H,11H2,1H3. The van der Waals surface area contributed by atoms with Crippen LogP contribution in [0.4, 0.5) is 13.2 Å². The summed E-state index contributed by atoms with van der Waals surface area (Å²) < 4.78 is 52.5. The van der Waals surface area contributed by atoms with Gasteiger partial charge in [0.05, 0.1) is 36.4 Å². The zero-order valence-electron chi connectivity index (χ0n) is 15.1. The molecule has 29 heavy (non-hydrogen) atoms. The molecule has 0 fully saturated rings. The smallest absolute Gasteiger partial charge is 0.418 e. The highest BCUT2D eigenvalue weighted by Gasteiger charge is 2.36. The van der Waals surface area contributed by atoms with Gasteiger partial charge in [0.2, 0.25) is 0 Å². The first-order valence-corrected chi connectivity index (χ1v) is 8.47. The second kappa shape index (κ2) is 6.98. The molecule has 0 spiro atoms. The maximum Gasteiger partial charge on any atom is 0.418 e. The summed E-state index contributed by atoms with van der Waals surface area (Å²) in [5.41, 5.74) is -0.427. The predicted molar refractivity (Wildman–Crippen MR) is 97.0 cm³/mol. The lowest BCUT2D eigenvalue weighted by Crippen LogP contribution is -2.09. The van der Waals surface area contributed by atoms with Crippen molar-refractivity contribution < 1.29 is 22.4 Å². The first-order valence-electron chi connectivity index (χ1n) is 8.47. The number of fused-ring (bicyclic) bond motifs is 1. The number of hydrogen-bond donors (Lipinski definition) is 0. The summed E-state index contributed by atoms with van der Waals surface area (Å²) in [6.07, 6.45) is -3.14. The van der Waals surface area contributed by atoms with Gasteiger partial charge in [-0.15, -0.1) is 0 Å². The van der Waals surface area contributed by atoms with Crippen LogP contribution >= 0.6 is 0 Å².